The van der Waals surface area contributed by atoms with Crippen LogP contribution in [0.5, 0.6) is 0 Å². The molecule has 0 saturated carbocycles. The largest absolute Gasteiger partial charge is 0.152 e. The lowest BCUT2D eigenvalue weighted by molar-refractivity contribution is 0.767. The fourth-order valence-electron chi connectivity index (χ4n) is 0.367. The van der Waals surface area contributed by atoms with E-state index in [4.69, 9.17) is 6.58 Å². The van der Waals surface area contributed by atoms with E-state index in [1.165, 1.54) is 6.08 Å². The molecule has 3 heteroatoms. The molecule has 0 aliphatic carbocycles. The predicted octanol–water partition coefficient (Wildman–Crippen LogP) is 1.19. The van der Waals surface area contributed by atoms with Gasteiger partial charge in [0.15, 0.2) is 0 Å². The van der Waals surface area contributed by atoms with Gasteiger partial charge in [-0.15, -0.1) is 5.10 Å². The van der Waals surface area contributed by atoms with Gasteiger partial charge in [0, 0.05) is 0 Å². The van der Waals surface area contributed by atoms with E-state index in [0.717, 1.165) is 0 Å². The van der Waals surface area contributed by atoms with Gasteiger partial charge in [0.1, 0.15) is 5.54 Å². The van der Waals surface area contributed by atoms with Crippen molar-refractivity contribution >= 4 is 6.21 Å². The Kier molecular flexibility index (Phi) is 0.970. The lowest BCUT2D eigenvalue weighted by atomic mass is 10.1. The quantitative estimate of drug-likeness (QED) is 0.483. The smallest absolute Gasteiger partial charge is 0.136 e. The van der Waals surface area contributed by atoms with Crippen LogP contribution in [0.3, 0.4) is 0 Å². The molecule has 0 amide bonds. The molecular formula is C5H6N3. The summed E-state index contributed by atoms with van der Waals surface area (Å²) in [5.41, 5.74) is -0.444. The molecule has 0 fully saturated rings. The Bertz CT molecular complexity index is 145. The Morgan fingerprint density at radius 1 is 1.75 bits per heavy atom. The van der Waals surface area contributed by atoms with Gasteiger partial charge in [0.05, 0.1) is 6.21 Å². The Morgan fingerprint density at radius 2 is 2.50 bits per heavy atom. The van der Waals surface area contributed by atoms with Crippen LogP contribution in [0.2, 0.25) is 0 Å². The first-order chi connectivity index (χ1) is 3.77. The zero-order valence-corrected chi connectivity index (χ0v) is 4.57. The molecule has 41 valence electrons. The summed E-state index contributed by atoms with van der Waals surface area (Å²) in [5.74, 6) is 0. The van der Waals surface area contributed by atoms with E-state index in [1.54, 1.807) is 6.21 Å². The lowest BCUT2D eigenvalue weighted by Crippen LogP contribution is -2.15. The zero-order chi connectivity index (χ0) is 6.04. The standard InChI is InChI=1S/C5H6N3/c1-3-5(2)4-6-8-7-5/h1,3-4H,2H3. The summed E-state index contributed by atoms with van der Waals surface area (Å²) in [6.07, 6.45) is 3.04. The fourth-order valence-corrected chi connectivity index (χ4v) is 0.367. The monoisotopic (exact) mass is 108 g/mol. The Hall–Kier alpha value is -0.990. The molecule has 1 heterocycles. The van der Waals surface area contributed by atoms with Crippen LogP contribution in [0.15, 0.2) is 21.5 Å². The van der Waals surface area contributed by atoms with Crippen molar-refractivity contribution in [3.05, 3.63) is 12.7 Å². The van der Waals surface area contributed by atoms with Gasteiger partial charge in [-0.25, -0.2) is 0 Å². The molecule has 0 spiro atoms. The highest BCUT2D eigenvalue weighted by atomic mass is 15.4. The van der Waals surface area contributed by atoms with E-state index in [-0.39, 0.29) is 0 Å². The van der Waals surface area contributed by atoms with E-state index in [9.17, 15) is 0 Å². The van der Waals surface area contributed by atoms with Crippen LogP contribution in [-0.4, -0.2) is 11.8 Å². The lowest BCUT2D eigenvalue weighted by Gasteiger charge is -2.04. The van der Waals surface area contributed by atoms with Crippen LogP contribution in [0.1, 0.15) is 6.92 Å². The van der Waals surface area contributed by atoms with Gasteiger partial charge in [-0.3, -0.25) is 0 Å². The van der Waals surface area contributed by atoms with Crippen LogP contribution < -0.4 is 0 Å². The second-order valence-electron chi connectivity index (χ2n) is 1.83. The minimum absolute atomic E-state index is 0.444. The van der Waals surface area contributed by atoms with Crippen LogP contribution in [0.4, 0.5) is 0 Å². The van der Waals surface area contributed by atoms with Gasteiger partial charge < -0.3 is 0 Å². The molecule has 0 N–H and O–H groups in total. The number of hydrogen-bond acceptors (Lipinski definition) is 3. The normalized spacial score (nSPS) is 33.6. The maximum Gasteiger partial charge on any atom is 0.136 e. The molecule has 1 radical (unpaired) electrons. The molecule has 0 aromatic rings. The second kappa shape index (κ2) is 1.51. The first-order valence-electron chi connectivity index (χ1n) is 2.29. The summed E-state index contributed by atoms with van der Waals surface area (Å²) in [6.45, 7) is 7.02. The van der Waals surface area contributed by atoms with Crippen molar-refractivity contribution in [2.75, 3.05) is 0 Å². The van der Waals surface area contributed by atoms with Crippen molar-refractivity contribution in [2.24, 2.45) is 15.4 Å². The SMILES string of the molecule is [CH]=CC1(C)C=NN=N1. The minimum Gasteiger partial charge on any atom is -0.152 e. The van der Waals surface area contributed by atoms with E-state index in [2.05, 4.69) is 15.4 Å². The van der Waals surface area contributed by atoms with Crippen molar-refractivity contribution in [1.29, 1.82) is 0 Å². The van der Waals surface area contributed by atoms with Crippen molar-refractivity contribution in [1.82, 2.24) is 0 Å². The fraction of sp³-hybridized carbons (Fsp3) is 0.400. The van der Waals surface area contributed by atoms with Crippen molar-refractivity contribution < 1.29 is 0 Å². The highest BCUT2D eigenvalue weighted by molar-refractivity contribution is 5.73. The molecule has 8 heavy (non-hydrogen) atoms. The van der Waals surface area contributed by atoms with E-state index in [0.29, 0.717) is 0 Å². The van der Waals surface area contributed by atoms with Gasteiger partial charge in [0.2, 0.25) is 0 Å². The molecule has 1 aliphatic heterocycles. The van der Waals surface area contributed by atoms with Crippen LogP contribution in [-0.2, 0) is 0 Å². The van der Waals surface area contributed by atoms with Gasteiger partial charge in [0.25, 0.3) is 0 Å². The van der Waals surface area contributed by atoms with Crippen molar-refractivity contribution in [3.8, 4) is 0 Å². The molecule has 1 aliphatic rings. The minimum atomic E-state index is -0.444. The van der Waals surface area contributed by atoms with E-state index < -0.39 is 5.54 Å². The highest BCUT2D eigenvalue weighted by Crippen LogP contribution is 2.13. The zero-order valence-electron chi connectivity index (χ0n) is 4.57. The molecule has 0 aromatic carbocycles. The first-order valence-corrected chi connectivity index (χ1v) is 2.29. The Labute approximate surface area is 47.8 Å². The average Bonchev–Trinajstić information content (AvgIpc) is 2.17. The van der Waals surface area contributed by atoms with E-state index >= 15 is 0 Å². The summed E-state index contributed by atoms with van der Waals surface area (Å²) in [5, 5.41) is 10.6. The summed E-state index contributed by atoms with van der Waals surface area (Å²) < 4.78 is 0. The molecular weight excluding hydrogens is 102 g/mol. The van der Waals surface area contributed by atoms with Crippen LogP contribution in [0.25, 0.3) is 0 Å². The molecule has 0 bridgehead atoms. The number of nitrogens with zero attached hydrogens (tertiary/aromatic N) is 3. The number of hydrogen-bond donors (Lipinski definition) is 0. The topological polar surface area (TPSA) is 37.1 Å². The van der Waals surface area contributed by atoms with Crippen molar-refractivity contribution in [3.63, 3.8) is 0 Å². The van der Waals surface area contributed by atoms with E-state index in [1.807, 2.05) is 6.92 Å². The van der Waals surface area contributed by atoms with Gasteiger partial charge in [-0.1, -0.05) is 6.58 Å². The molecule has 1 rings (SSSR count). The van der Waals surface area contributed by atoms with Gasteiger partial charge >= 0.3 is 0 Å². The third-order valence-electron chi connectivity index (χ3n) is 0.968. The average molecular weight is 108 g/mol. The summed E-state index contributed by atoms with van der Waals surface area (Å²) in [6, 6.07) is 0. The summed E-state index contributed by atoms with van der Waals surface area (Å²) in [7, 11) is 0. The maximum atomic E-state index is 5.20. The maximum absolute atomic E-state index is 5.20. The summed E-state index contributed by atoms with van der Waals surface area (Å²) >= 11 is 0. The number of rotatable bonds is 1. The third kappa shape index (κ3) is 0.665. The first kappa shape index (κ1) is 5.15. The van der Waals surface area contributed by atoms with Crippen LogP contribution >= 0.6 is 0 Å². The Balaban J connectivity index is 2.83. The molecule has 3 nitrogen and oxygen atoms in total. The molecule has 0 aromatic heterocycles. The highest BCUT2D eigenvalue weighted by Gasteiger charge is 2.18. The van der Waals surface area contributed by atoms with Crippen LogP contribution in [0, 0.1) is 6.58 Å². The molecule has 0 saturated heterocycles. The Morgan fingerprint density at radius 3 is 2.75 bits per heavy atom. The predicted molar refractivity (Wildman–Crippen MR) is 30.6 cm³/mol. The van der Waals surface area contributed by atoms with Gasteiger partial charge in [-0.2, -0.15) is 5.11 Å². The third-order valence-corrected chi connectivity index (χ3v) is 0.968. The molecule has 1 unspecified atom stereocenters. The van der Waals surface area contributed by atoms with Gasteiger partial charge in [-0.05, 0) is 18.2 Å². The summed E-state index contributed by atoms with van der Waals surface area (Å²) in [4.78, 5) is 0. The second-order valence-corrected chi connectivity index (χ2v) is 1.83. The molecule has 1 atom stereocenters. The van der Waals surface area contributed by atoms with Crippen molar-refractivity contribution in [2.45, 2.75) is 12.5 Å².